The average molecular weight is 474 g/mol. The van der Waals surface area contributed by atoms with Crippen molar-refractivity contribution in [2.24, 2.45) is 0 Å². The van der Waals surface area contributed by atoms with Gasteiger partial charge in [0.1, 0.15) is 11.5 Å². The van der Waals surface area contributed by atoms with Crippen molar-refractivity contribution in [3.63, 3.8) is 0 Å². The predicted octanol–water partition coefficient (Wildman–Crippen LogP) is 2.24. The highest BCUT2D eigenvalue weighted by molar-refractivity contribution is 5.91. The summed E-state index contributed by atoms with van der Waals surface area (Å²) >= 11 is 0. The molecule has 1 aromatic heterocycles. The summed E-state index contributed by atoms with van der Waals surface area (Å²) in [6, 6.07) is 19.5. The first-order valence-corrected chi connectivity index (χ1v) is 10.7. The van der Waals surface area contributed by atoms with Crippen LogP contribution >= 0.6 is 0 Å². The number of carbonyl (C=O) groups is 1. The topological polar surface area (TPSA) is 104 Å². The second-order valence-corrected chi connectivity index (χ2v) is 7.74. The molecule has 1 aliphatic rings. The van der Waals surface area contributed by atoms with Gasteiger partial charge in [-0.2, -0.15) is 9.78 Å². The molecule has 5 rings (SSSR count). The van der Waals surface area contributed by atoms with Crippen LogP contribution in [0.2, 0.25) is 0 Å². The molecule has 0 unspecified atom stereocenters. The van der Waals surface area contributed by atoms with Crippen molar-refractivity contribution in [1.29, 1.82) is 0 Å². The Bertz CT molecular complexity index is 1530. The first-order chi connectivity index (χ1) is 17.0. The zero-order chi connectivity index (χ0) is 24.4. The number of nitrogens with zero attached hydrogens (tertiary/aromatic N) is 3. The van der Waals surface area contributed by atoms with Gasteiger partial charge >= 0.3 is 5.69 Å². The summed E-state index contributed by atoms with van der Waals surface area (Å²) in [4.78, 5) is 39.3. The Labute approximate surface area is 198 Å². The van der Waals surface area contributed by atoms with Gasteiger partial charge in [0.2, 0.25) is 12.5 Å². The fourth-order valence-corrected chi connectivity index (χ4v) is 3.66. The molecule has 1 aliphatic heterocycles. The van der Waals surface area contributed by atoms with Gasteiger partial charge in [-0.15, -0.1) is 0 Å². The number of halogens is 1. The molecule has 0 bridgehead atoms. The van der Waals surface area contributed by atoms with Crippen molar-refractivity contribution in [1.82, 2.24) is 19.7 Å². The van der Waals surface area contributed by atoms with Crippen LogP contribution in [0.3, 0.4) is 0 Å². The molecular weight excluding hydrogens is 455 g/mol. The van der Waals surface area contributed by atoms with Crippen LogP contribution in [0.15, 0.2) is 82.4 Å². The Morgan fingerprint density at radius 3 is 2.49 bits per heavy atom. The fraction of sp³-hybridized carbons (Fsp3) is 0.120. The lowest BCUT2D eigenvalue weighted by atomic mass is 10.2. The molecule has 0 fully saturated rings. The highest BCUT2D eigenvalue weighted by atomic mass is 19.1. The van der Waals surface area contributed by atoms with Crippen molar-refractivity contribution < 1.29 is 18.7 Å². The number of ether oxygens (including phenoxy) is 2. The Hall–Kier alpha value is -4.73. The van der Waals surface area contributed by atoms with Crippen LogP contribution in [-0.4, -0.2) is 27.0 Å². The van der Waals surface area contributed by atoms with Crippen LogP contribution in [-0.2, 0) is 13.1 Å². The quantitative estimate of drug-likeness (QED) is 0.460. The Balaban J connectivity index is 1.52. The Kier molecular flexibility index (Phi) is 5.84. The van der Waals surface area contributed by atoms with E-state index < -0.39 is 28.7 Å². The van der Waals surface area contributed by atoms with Crippen LogP contribution in [0.4, 0.5) is 4.39 Å². The van der Waals surface area contributed by atoms with Gasteiger partial charge in [0.25, 0.3) is 11.5 Å². The maximum Gasteiger partial charge on any atom is 0.352 e. The van der Waals surface area contributed by atoms with E-state index in [1.165, 1.54) is 18.2 Å². The van der Waals surface area contributed by atoms with Gasteiger partial charge in [0, 0.05) is 6.54 Å². The van der Waals surface area contributed by atoms with Gasteiger partial charge in [-0.1, -0.05) is 48.5 Å². The standard InChI is InChI=1S/C25H19FN4O5/c26-18-8-4-5-9-19(18)30-25(33)29(14-16-6-2-1-3-7-16)24(32)22(28-30)23(31)27-13-17-10-11-20-21(12-17)35-15-34-20/h1-12H,13-15H2,(H,27,31). The molecule has 176 valence electrons. The molecule has 0 aliphatic carbocycles. The Morgan fingerprint density at radius 2 is 1.69 bits per heavy atom. The molecule has 1 amide bonds. The van der Waals surface area contributed by atoms with Gasteiger partial charge in [0.05, 0.1) is 6.54 Å². The number of benzene rings is 3. The van der Waals surface area contributed by atoms with Crippen molar-refractivity contribution in [3.8, 4) is 17.2 Å². The highest BCUT2D eigenvalue weighted by Gasteiger charge is 2.22. The SMILES string of the molecule is O=C(NCc1ccc2c(c1)OCO2)c1nn(-c2ccccc2F)c(=O)n(Cc2ccccc2)c1=O. The second-order valence-electron chi connectivity index (χ2n) is 7.74. The molecule has 9 nitrogen and oxygen atoms in total. The number of nitrogens with one attached hydrogen (secondary N) is 1. The molecular formula is C25H19FN4O5. The van der Waals surface area contributed by atoms with Crippen molar-refractivity contribution in [2.75, 3.05) is 6.79 Å². The Morgan fingerprint density at radius 1 is 0.943 bits per heavy atom. The minimum absolute atomic E-state index is 0.0636. The molecule has 0 spiro atoms. The number of rotatable bonds is 6. The summed E-state index contributed by atoms with van der Waals surface area (Å²) < 4.78 is 26.7. The molecule has 3 aromatic carbocycles. The zero-order valence-electron chi connectivity index (χ0n) is 18.3. The number of para-hydroxylation sites is 1. The molecule has 0 atom stereocenters. The van der Waals surface area contributed by atoms with Gasteiger partial charge in [-0.3, -0.25) is 14.2 Å². The number of carbonyl (C=O) groups excluding carboxylic acids is 1. The van der Waals surface area contributed by atoms with Crippen molar-refractivity contribution in [3.05, 3.63) is 116 Å². The predicted molar refractivity (Wildman–Crippen MR) is 123 cm³/mol. The summed E-state index contributed by atoms with van der Waals surface area (Å²) in [6.45, 7) is 0.0691. The van der Waals surface area contributed by atoms with E-state index in [9.17, 15) is 18.8 Å². The molecule has 0 radical (unpaired) electrons. The van der Waals surface area contributed by atoms with E-state index in [0.29, 0.717) is 22.6 Å². The van der Waals surface area contributed by atoms with E-state index in [1.807, 2.05) is 0 Å². The van der Waals surface area contributed by atoms with E-state index in [4.69, 9.17) is 9.47 Å². The summed E-state index contributed by atoms with van der Waals surface area (Å²) in [6.07, 6.45) is 0. The number of hydrogen-bond acceptors (Lipinski definition) is 6. The third kappa shape index (κ3) is 4.41. The summed E-state index contributed by atoms with van der Waals surface area (Å²) in [5.74, 6) is -0.381. The molecule has 1 N–H and O–H groups in total. The largest absolute Gasteiger partial charge is 0.454 e. The van der Waals surface area contributed by atoms with Crippen LogP contribution in [0.1, 0.15) is 21.6 Å². The van der Waals surface area contributed by atoms with Gasteiger partial charge in [0.15, 0.2) is 11.5 Å². The van der Waals surface area contributed by atoms with Crippen molar-refractivity contribution in [2.45, 2.75) is 13.1 Å². The van der Waals surface area contributed by atoms with E-state index in [2.05, 4.69) is 10.4 Å². The zero-order valence-corrected chi connectivity index (χ0v) is 18.3. The van der Waals surface area contributed by atoms with Crippen LogP contribution in [0, 0.1) is 5.82 Å². The maximum absolute atomic E-state index is 14.5. The monoisotopic (exact) mass is 474 g/mol. The number of hydrogen-bond donors (Lipinski definition) is 1. The van der Waals surface area contributed by atoms with Gasteiger partial charge in [-0.25, -0.2) is 9.18 Å². The smallest absolute Gasteiger partial charge is 0.352 e. The highest BCUT2D eigenvalue weighted by Crippen LogP contribution is 2.32. The van der Waals surface area contributed by atoms with Crippen LogP contribution in [0.5, 0.6) is 11.5 Å². The first kappa shape index (κ1) is 22.1. The second kappa shape index (κ2) is 9.26. The number of aromatic nitrogens is 3. The van der Waals surface area contributed by atoms with Crippen molar-refractivity contribution >= 4 is 5.91 Å². The first-order valence-electron chi connectivity index (χ1n) is 10.7. The van der Waals surface area contributed by atoms with Crippen LogP contribution in [0.25, 0.3) is 5.69 Å². The maximum atomic E-state index is 14.5. The number of amides is 1. The fourth-order valence-electron chi connectivity index (χ4n) is 3.66. The lowest BCUT2D eigenvalue weighted by Crippen LogP contribution is -2.46. The lowest BCUT2D eigenvalue weighted by molar-refractivity contribution is 0.0941. The van der Waals surface area contributed by atoms with E-state index in [1.54, 1.807) is 48.5 Å². The summed E-state index contributed by atoms with van der Waals surface area (Å²) in [5, 5.41) is 6.58. The third-order valence-corrected chi connectivity index (χ3v) is 5.43. The van der Waals surface area contributed by atoms with Gasteiger partial charge in [-0.05, 0) is 35.4 Å². The summed E-state index contributed by atoms with van der Waals surface area (Å²) in [5.41, 5.74) is -1.10. The lowest BCUT2D eigenvalue weighted by Gasteiger charge is -2.13. The van der Waals surface area contributed by atoms with Gasteiger partial charge < -0.3 is 14.8 Å². The van der Waals surface area contributed by atoms with E-state index >= 15 is 0 Å². The molecule has 10 heteroatoms. The molecule has 0 saturated heterocycles. The molecule has 35 heavy (non-hydrogen) atoms. The van der Waals surface area contributed by atoms with E-state index in [0.717, 1.165) is 15.3 Å². The van der Waals surface area contributed by atoms with Crippen LogP contribution < -0.4 is 26.0 Å². The molecule has 2 heterocycles. The molecule has 4 aromatic rings. The summed E-state index contributed by atoms with van der Waals surface area (Å²) in [7, 11) is 0. The third-order valence-electron chi connectivity index (χ3n) is 5.43. The average Bonchev–Trinajstić information content (AvgIpc) is 3.34. The minimum Gasteiger partial charge on any atom is -0.454 e. The van der Waals surface area contributed by atoms with E-state index in [-0.39, 0.29) is 25.6 Å². The number of fused-ring (bicyclic) bond motifs is 1. The minimum atomic E-state index is -0.880. The normalized spacial score (nSPS) is 11.9. The molecule has 0 saturated carbocycles.